The highest BCUT2D eigenvalue weighted by atomic mass is 16.5. The fourth-order valence-electron chi connectivity index (χ4n) is 3.19. The molecule has 2 aromatic rings. The molecule has 8 heteroatoms. The molecule has 0 aliphatic heterocycles. The lowest BCUT2D eigenvalue weighted by molar-refractivity contribution is -0.118. The third kappa shape index (κ3) is 5.57. The summed E-state index contributed by atoms with van der Waals surface area (Å²) in [6.45, 7) is 10.3. The summed E-state index contributed by atoms with van der Waals surface area (Å²) in [7, 11) is 1.40. The third-order valence-corrected chi connectivity index (χ3v) is 4.89. The van der Waals surface area contributed by atoms with Crippen molar-refractivity contribution >= 4 is 34.3 Å². The van der Waals surface area contributed by atoms with Crippen molar-refractivity contribution in [1.29, 1.82) is 0 Å². The summed E-state index contributed by atoms with van der Waals surface area (Å²) in [6, 6.07) is 5.01. The van der Waals surface area contributed by atoms with Crippen LogP contribution in [0.3, 0.4) is 0 Å². The molecule has 1 heterocycles. The van der Waals surface area contributed by atoms with Crippen LogP contribution in [0, 0.1) is 11.8 Å². The Morgan fingerprint density at radius 1 is 1.19 bits per heavy atom. The van der Waals surface area contributed by atoms with E-state index in [1.807, 2.05) is 20.8 Å². The molecule has 2 amide bonds. The van der Waals surface area contributed by atoms with E-state index in [0.717, 1.165) is 17.7 Å². The number of nitrogens with one attached hydrogen (secondary N) is 1. The minimum Gasteiger partial charge on any atom is -0.489 e. The number of fused-ring (bicyclic) bond motifs is 1. The molecule has 0 fully saturated rings. The maximum Gasteiger partial charge on any atom is 0.412 e. The van der Waals surface area contributed by atoms with Gasteiger partial charge in [0.05, 0.1) is 12.0 Å². The second-order valence-corrected chi connectivity index (χ2v) is 8.41. The van der Waals surface area contributed by atoms with E-state index in [-0.39, 0.29) is 29.1 Å². The lowest BCUT2D eigenvalue weighted by Gasteiger charge is -2.25. The number of ether oxygens (including phenoxy) is 1. The van der Waals surface area contributed by atoms with E-state index in [9.17, 15) is 19.5 Å². The minimum absolute atomic E-state index is 0.115. The minimum atomic E-state index is -1.19. The molecule has 0 saturated carbocycles. The number of carbonyl (C=O) groups is 2. The molecule has 0 aliphatic carbocycles. The van der Waals surface area contributed by atoms with Gasteiger partial charge in [0.2, 0.25) is 5.91 Å². The van der Waals surface area contributed by atoms with Gasteiger partial charge < -0.3 is 15.2 Å². The predicted molar refractivity (Wildman–Crippen MR) is 123 cm³/mol. The van der Waals surface area contributed by atoms with E-state index in [4.69, 9.17) is 4.74 Å². The first kappa shape index (κ1) is 24.2. The van der Waals surface area contributed by atoms with Crippen LogP contribution in [0.5, 0.6) is 5.75 Å². The highest BCUT2D eigenvalue weighted by Gasteiger charge is 2.25. The average Bonchev–Trinajstić information content (AvgIpc) is 2.70. The molecule has 2 N–H and O–H groups in total. The molecule has 0 unspecified atom stereocenters. The molecular formula is C23H33N3O5. The summed E-state index contributed by atoms with van der Waals surface area (Å²) < 4.78 is 7.54. The lowest BCUT2D eigenvalue weighted by Crippen LogP contribution is -2.34. The first-order valence-electron chi connectivity index (χ1n) is 10.7. The number of hydrogen-bond donors (Lipinski definition) is 2. The van der Waals surface area contributed by atoms with E-state index >= 15 is 0 Å². The first-order chi connectivity index (χ1) is 14.6. The van der Waals surface area contributed by atoms with Crippen LogP contribution in [0.25, 0.3) is 10.8 Å². The van der Waals surface area contributed by atoms with Crippen LogP contribution >= 0.6 is 0 Å². The normalized spacial score (nSPS) is 11.2. The number of anilines is 2. The quantitative estimate of drug-likeness (QED) is 0.568. The number of carbonyl (C=O) groups excluding carboxylic acids is 1. The fourth-order valence-corrected chi connectivity index (χ4v) is 3.19. The van der Waals surface area contributed by atoms with Crippen molar-refractivity contribution in [2.45, 2.75) is 54.0 Å². The fraction of sp³-hybridized carbons (Fsp3) is 0.522. The van der Waals surface area contributed by atoms with Crippen molar-refractivity contribution in [1.82, 2.24) is 4.57 Å². The van der Waals surface area contributed by atoms with E-state index in [1.165, 1.54) is 11.6 Å². The zero-order valence-electron chi connectivity index (χ0n) is 19.2. The maximum atomic E-state index is 13.3. The van der Waals surface area contributed by atoms with Gasteiger partial charge in [0.15, 0.2) is 11.6 Å². The Hall–Kier alpha value is -3.03. The van der Waals surface area contributed by atoms with Gasteiger partial charge in [-0.15, -0.1) is 0 Å². The van der Waals surface area contributed by atoms with Gasteiger partial charge >= 0.3 is 6.09 Å². The predicted octanol–water partition coefficient (Wildman–Crippen LogP) is 4.55. The number of amides is 2. The number of rotatable bonds is 9. The molecule has 0 spiro atoms. The van der Waals surface area contributed by atoms with Crippen molar-refractivity contribution in [2.75, 3.05) is 23.9 Å². The van der Waals surface area contributed by atoms with Crippen molar-refractivity contribution in [2.24, 2.45) is 11.8 Å². The SMILES string of the molecule is CCCCOc1c(N(C)C(=O)O)n(CC(C)C)c(=O)c2ccc(NC(=O)C(C)C)cc12. The lowest BCUT2D eigenvalue weighted by atomic mass is 10.1. The van der Waals surface area contributed by atoms with Gasteiger partial charge in [0.1, 0.15) is 0 Å². The second kappa shape index (κ2) is 10.3. The number of hydrogen-bond acceptors (Lipinski definition) is 4. The van der Waals surface area contributed by atoms with E-state index < -0.39 is 6.09 Å². The zero-order chi connectivity index (χ0) is 23.3. The number of pyridine rings is 1. The van der Waals surface area contributed by atoms with Crippen LogP contribution < -0.4 is 20.5 Å². The number of unbranched alkanes of at least 4 members (excludes halogenated alkanes) is 1. The standard InChI is InChI=1S/C23H33N3O5/c1-7-8-11-31-19-18-12-16(24-20(27)15(4)5)9-10-17(18)22(28)26(13-14(2)3)21(19)25(6)23(29)30/h9-10,12,14-15H,7-8,11,13H2,1-6H3,(H,24,27)(H,29,30). The number of carboxylic acid groups (broad SMARTS) is 1. The second-order valence-electron chi connectivity index (χ2n) is 8.41. The highest BCUT2D eigenvalue weighted by molar-refractivity contribution is 6.00. The monoisotopic (exact) mass is 431 g/mol. The molecule has 8 nitrogen and oxygen atoms in total. The Labute approximate surface area is 182 Å². The van der Waals surface area contributed by atoms with Gasteiger partial charge in [0, 0.05) is 30.6 Å². The topological polar surface area (TPSA) is 101 Å². The largest absolute Gasteiger partial charge is 0.489 e. The van der Waals surface area contributed by atoms with Crippen molar-refractivity contribution in [3.8, 4) is 5.75 Å². The highest BCUT2D eigenvalue weighted by Crippen LogP contribution is 2.36. The summed E-state index contributed by atoms with van der Waals surface area (Å²) in [5, 5.41) is 13.4. The molecule has 0 saturated heterocycles. The maximum absolute atomic E-state index is 13.3. The molecule has 0 bridgehead atoms. The van der Waals surface area contributed by atoms with Crippen LogP contribution in [0.1, 0.15) is 47.5 Å². The Bertz CT molecular complexity index is 1010. The van der Waals surface area contributed by atoms with Crippen LogP contribution in [-0.2, 0) is 11.3 Å². The van der Waals surface area contributed by atoms with Crippen LogP contribution in [0.15, 0.2) is 23.0 Å². The van der Waals surface area contributed by atoms with E-state index in [0.29, 0.717) is 35.4 Å². The molecule has 31 heavy (non-hydrogen) atoms. The van der Waals surface area contributed by atoms with E-state index in [1.54, 1.807) is 32.0 Å². The van der Waals surface area contributed by atoms with Crippen molar-refractivity contribution in [3.05, 3.63) is 28.6 Å². The Morgan fingerprint density at radius 3 is 2.42 bits per heavy atom. The number of aromatic nitrogens is 1. The summed E-state index contributed by atoms with van der Waals surface area (Å²) in [5.41, 5.74) is 0.229. The van der Waals surface area contributed by atoms with Gasteiger partial charge in [-0.3, -0.25) is 19.1 Å². The van der Waals surface area contributed by atoms with Gasteiger partial charge in [-0.25, -0.2) is 4.79 Å². The first-order valence-corrected chi connectivity index (χ1v) is 10.7. The Balaban J connectivity index is 2.83. The summed E-state index contributed by atoms with van der Waals surface area (Å²) >= 11 is 0. The molecule has 1 aromatic heterocycles. The van der Waals surface area contributed by atoms with Gasteiger partial charge in [-0.05, 0) is 30.5 Å². The molecule has 0 radical (unpaired) electrons. The van der Waals surface area contributed by atoms with Gasteiger partial charge in [-0.2, -0.15) is 0 Å². The average molecular weight is 432 g/mol. The Morgan fingerprint density at radius 2 is 1.87 bits per heavy atom. The summed E-state index contributed by atoms with van der Waals surface area (Å²) in [4.78, 5) is 38.4. The summed E-state index contributed by atoms with van der Waals surface area (Å²) in [6.07, 6.45) is 0.495. The van der Waals surface area contributed by atoms with Crippen molar-refractivity contribution < 1.29 is 19.4 Å². The zero-order valence-corrected chi connectivity index (χ0v) is 19.2. The smallest absolute Gasteiger partial charge is 0.412 e. The number of benzene rings is 1. The molecule has 0 atom stereocenters. The Kier molecular flexibility index (Phi) is 8.08. The third-order valence-electron chi connectivity index (χ3n) is 4.89. The van der Waals surface area contributed by atoms with Crippen LogP contribution in [-0.4, -0.2) is 35.3 Å². The molecule has 170 valence electrons. The van der Waals surface area contributed by atoms with Crippen LogP contribution in [0.2, 0.25) is 0 Å². The molecular weight excluding hydrogens is 398 g/mol. The van der Waals surface area contributed by atoms with Gasteiger partial charge in [0.25, 0.3) is 5.56 Å². The van der Waals surface area contributed by atoms with Gasteiger partial charge in [-0.1, -0.05) is 41.0 Å². The molecule has 2 rings (SSSR count). The number of nitrogens with zero attached hydrogens (tertiary/aromatic N) is 2. The molecule has 0 aliphatic rings. The van der Waals surface area contributed by atoms with Crippen molar-refractivity contribution in [3.63, 3.8) is 0 Å². The molecule has 1 aromatic carbocycles. The van der Waals surface area contributed by atoms with E-state index in [2.05, 4.69) is 5.32 Å². The summed E-state index contributed by atoms with van der Waals surface area (Å²) in [5.74, 6) is 0.285. The van der Waals surface area contributed by atoms with Crippen LogP contribution in [0.4, 0.5) is 16.3 Å².